The summed E-state index contributed by atoms with van der Waals surface area (Å²) < 4.78 is 10.2. The van der Waals surface area contributed by atoms with Crippen LogP contribution in [-0.4, -0.2) is 35.4 Å². The first-order valence-electron chi connectivity index (χ1n) is 8.90. The van der Waals surface area contributed by atoms with Gasteiger partial charge in [-0.15, -0.1) is 0 Å². The van der Waals surface area contributed by atoms with Crippen molar-refractivity contribution in [2.75, 3.05) is 13.7 Å². The normalized spacial score (nSPS) is 10.7. The van der Waals surface area contributed by atoms with Crippen molar-refractivity contribution in [1.82, 2.24) is 9.97 Å². The van der Waals surface area contributed by atoms with Crippen LogP contribution in [0.1, 0.15) is 35.1 Å². The molecule has 0 aliphatic carbocycles. The van der Waals surface area contributed by atoms with E-state index in [9.17, 15) is 9.59 Å². The second kappa shape index (κ2) is 8.49. The smallest absolute Gasteiger partial charge is 0.313 e. The summed E-state index contributed by atoms with van der Waals surface area (Å²) in [7, 11) is 1.54. The minimum absolute atomic E-state index is 0.242. The summed E-state index contributed by atoms with van der Waals surface area (Å²) in [5, 5.41) is 0. The average molecular weight is 366 g/mol. The van der Waals surface area contributed by atoms with Gasteiger partial charge in [0.05, 0.1) is 24.8 Å². The Kier molecular flexibility index (Phi) is 5.86. The molecule has 1 aromatic heterocycles. The monoisotopic (exact) mass is 366 g/mol. The third kappa shape index (κ3) is 4.53. The fourth-order valence-corrected chi connectivity index (χ4v) is 2.94. The molecule has 0 radical (unpaired) electrons. The molecule has 2 aromatic carbocycles. The average Bonchev–Trinajstić information content (AvgIpc) is 3.09. The highest BCUT2D eigenvalue weighted by atomic mass is 16.5. The van der Waals surface area contributed by atoms with Gasteiger partial charge in [-0.2, -0.15) is 0 Å². The molecule has 0 saturated carbocycles. The van der Waals surface area contributed by atoms with Gasteiger partial charge in [0.1, 0.15) is 18.0 Å². The second-order valence-electron chi connectivity index (χ2n) is 6.15. The number of H-pyrrole nitrogens is 1. The molecule has 1 heterocycles. The number of Topliss-reactive ketones (excluding diaryl/α,β-unsaturated/α-hetero) is 1. The number of methoxy groups -OCH3 is 1. The third-order valence-electron chi connectivity index (χ3n) is 4.25. The summed E-state index contributed by atoms with van der Waals surface area (Å²) in [6, 6.07) is 13.6. The number of nitrogens with zero attached hydrogens (tertiary/aromatic N) is 1. The number of nitrogens with one attached hydrogen (secondary N) is 1. The summed E-state index contributed by atoms with van der Waals surface area (Å²) >= 11 is 0. The SMILES string of the molecule is CCOC(=O)CC(=O)c1cc(OC)cc2[nH]c(CCc3ccccc3)nc12. The molecule has 0 aliphatic rings. The number of benzene rings is 2. The van der Waals surface area contributed by atoms with Crippen molar-refractivity contribution in [2.24, 2.45) is 0 Å². The molecule has 0 fully saturated rings. The fourth-order valence-electron chi connectivity index (χ4n) is 2.94. The number of hydrogen-bond donors (Lipinski definition) is 1. The van der Waals surface area contributed by atoms with Crippen LogP contribution >= 0.6 is 0 Å². The minimum atomic E-state index is -0.543. The predicted molar refractivity (Wildman–Crippen MR) is 102 cm³/mol. The van der Waals surface area contributed by atoms with Crippen molar-refractivity contribution >= 4 is 22.8 Å². The van der Waals surface area contributed by atoms with E-state index in [0.29, 0.717) is 28.8 Å². The molecular formula is C21H22N2O4. The van der Waals surface area contributed by atoms with E-state index in [1.54, 1.807) is 19.1 Å². The number of imidazole rings is 1. The van der Waals surface area contributed by atoms with Gasteiger partial charge in [0, 0.05) is 18.1 Å². The Morgan fingerprint density at radius 3 is 2.59 bits per heavy atom. The Morgan fingerprint density at radius 1 is 1.11 bits per heavy atom. The van der Waals surface area contributed by atoms with Gasteiger partial charge < -0.3 is 14.5 Å². The first-order valence-corrected chi connectivity index (χ1v) is 8.90. The van der Waals surface area contributed by atoms with Crippen molar-refractivity contribution in [3.8, 4) is 5.75 Å². The van der Waals surface area contributed by atoms with Gasteiger partial charge in [0.15, 0.2) is 5.78 Å². The number of esters is 1. The number of rotatable bonds is 8. The molecule has 3 rings (SSSR count). The maximum atomic E-state index is 12.6. The molecule has 0 atom stereocenters. The van der Waals surface area contributed by atoms with Crippen LogP contribution in [0, 0.1) is 0 Å². The lowest BCUT2D eigenvalue weighted by atomic mass is 10.1. The van der Waals surface area contributed by atoms with Gasteiger partial charge in [-0.25, -0.2) is 4.98 Å². The van der Waals surface area contributed by atoms with E-state index < -0.39 is 5.97 Å². The lowest BCUT2D eigenvalue weighted by Gasteiger charge is -2.05. The van der Waals surface area contributed by atoms with E-state index in [1.165, 1.54) is 12.7 Å². The molecule has 6 heteroatoms. The zero-order valence-corrected chi connectivity index (χ0v) is 15.5. The van der Waals surface area contributed by atoms with E-state index in [0.717, 1.165) is 12.2 Å². The van der Waals surface area contributed by atoms with Crippen LogP contribution in [0.3, 0.4) is 0 Å². The van der Waals surface area contributed by atoms with Crippen molar-refractivity contribution in [3.63, 3.8) is 0 Å². The Hall–Kier alpha value is -3.15. The standard InChI is InChI=1S/C21H22N2O4/c1-3-27-20(25)13-18(24)16-11-15(26-2)12-17-21(16)23-19(22-17)10-9-14-7-5-4-6-8-14/h4-8,11-12H,3,9-10,13H2,1-2H3,(H,22,23). The van der Waals surface area contributed by atoms with Gasteiger partial charge in [-0.1, -0.05) is 30.3 Å². The van der Waals surface area contributed by atoms with Crippen LogP contribution in [-0.2, 0) is 22.4 Å². The topological polar surface area (TPSA) is 81.3 Å². The first kappa shape index (κ1) is 18.6. The third-order valence-corrected chi connectivity index (χ3v) is 4.25. The van der Waals surface area contributed by atoms with Crippen molar-refractivity contribution in [1.29, 1.82) is 0 Å². The largest absolute Gasteiger partial charge is 0.497 e. The van der Waals surface area contributed by atoms with E-state index in [-0.39, 0.29) is 18.8 Å². The van der Waals surface area contributed by atoms with Crippen LogP contribution in [0.2, 0.25) is 0 Å². The van der Waals surface area contributed by atoms with Crippen LogP contribution in [0.5, 0.6) is 5.75 Å². The molecular weight excluding hydrogens is 344 g/mol. The highest BCUT2D eigenvalue weighted by Gasteiger charge is 2.19. The van der Waals surface area contributed by atoms with Crippen LogP contribution in [0.25, 0.3) is 11.0 Å². The highest BCUT2D eigenvalue weighted by Crippen LogP contribution is 2.25. The molecule has 0 saturated heterocycles. The number of fused-ring (bicyclic) bond motifs is 1. The molecule has 140 valence electrons. The molecule has 0 amide bonds. The van der Waals surface area contributed by atoms with Gasteiger partial charge in [-0.05, 0) is 25.0 Å². The fraction of sp³-hybridized carbons (Fsp3) is 0.286. The molecule has 6 nitrogen and oxygen atoms in total. The Morgan fingerprint density at radius 2 is 1.89 bits per heavy atom. The lowest BCUT2D eigenvalue weighted by Crippen LogP contribution is -2.12. The zero-order valence-electron chi connectivity index (χ0n) is 15.5. The molecule has 3 aromatic rings. The quantitative estimate of drug-likeness (QED) is 0.375. The summed E-state index contributed by atoms with van der Waals surface area (Å²) in [6.45, 7) is 1.95. The van der Waals surface area contributed by atoms with E-state index in [1.807, 2.05) is 18.2 Å². The van der Waals surface area contributed by atoms with Gasteiger partial charge in [-0.3, -0.25) is 9.59 Å². The summed E-state index contributed by atoms with van der Waals surface area (Å²) in [5.41, 5.74) is 2.84. The number of aromatic amines is 1. The van der Waals surface area contributed by atoms with Gasteiger partial charge in [0.2, 0.25) is 0 Å². The number of carbonyl (C=O) groups excluding carboxylic acids is 2. The minimum Gasteiger partial charge on any atom is -0.497 e. The van der Waals surface area contributed by atoms with Crippen LogP contribution in [0.15, 0.2) is 42.5 Å². The number of ether oxygens (including phenoxy) is 2. The molecule has 0 spiro atoms. The van der Waals surface area contributed by atoms with Crippen molar-refractivity contribution < 1.29 is 19.1 Å². The summed E-state index contributed by atoms with van der Waals surface area (Å²) in [5.74, 6) is 0.442. The summed E-state index contributed by atoms with van der Waals surface area (Å²) in [6.07, 6.45) is 1.23. The van der Waals surface area contributed by atoms with Gasteiger partial charge in [0.25, 0.3) is 0 Å². The molecule has 1 N–H and O–H groups in total. The van der Waals surface area contributed by atoms with Crippen LogP contribution in [0.4, 0.5) is 0 Å². The Bertz CT molecular complexity index is 947. The maximum absolute atomic E-state index is 12.6. The number of aromatic nitrogens is 2. The predicted octanol–water partition coefficient (Wildman–Crippen LogP) is 3.49. The molecule has 0 aliphatic heterocycles. The lowest BCUT2D eigenvalue weighted by molar-refractivity contribution is -0.141. The molecule has 0 unspecified atom stereocenters. The van der Waals surface area contributed by atoms with Crippen molar-refractivity contribution in [3.05, 3.63) is 59.4 Å². The Balaban J connectivity index is 1.87. The van der Waals surface area contributed by atoms with Crippen LogP contribution < -0.4 is 4.74 Å². The number of aryl methyl sites for hydroxylation is 2. The zero-order chi connectivity index (χ0) is 19.2. The number of hydrogen-bond acceptors (Lipinski definition) is 5. The molecule has 0 bridgehead atoms. The Labute approximate surface area is 157 Å². The van der Waals surface area contributed by atoms with E-state index in [4.69, 9.17) is 9.47 Å². The van der Waals surface area contributed by atoms with E-state index in [2.05, 4.69) is 22.1 Å². The summed E-state index contributed by atoms with van der Waals surface area (Å²) in [4.78, 5) is 32.1. The number of carbonyl (C=O) groups is 2. The first-order chi connectivity index (χ1) is 13.1. The number of ketones is 1. The van der Waals surface area contributed by atoms with Crippen molar-refractivity contribution in [2.45, 2.75) is 26.2 Å². The van der Waals surface area contributed by atoms with Gasteiger partial charge >= 0.3 is 5.97 Å². The van der Waals surface area contributed by atoms with E-state index >= 15 is 0 Å². The maximum Gasteiger partial charge on any atom is 0.313 e. The second-order valence-corrected chi connectivity index (χ2v) is 6.15. The molecule has 27 heavy (non-hydrogen) atoms. The highest BCUT2D eigenvalue weighted by molar-refractivity contribution is 6.12.